The highest BCUT2D eigenvalue weighted by Gasteiger charge is 1.99. The van der Waals surface area contributed by atoms with Gasteiger partial charge in [-0.3, -0.25) is 10.2 Å². The molecule has 0 aromatic heterocycles. The zero-order chi connectivity index (χ0) is 12.5. The zero-order valence-electron chi connectivity index (χ0n) is 9.94. The highest BCUT2D eigenvalue weighted by atomic mass is 16.5. The molecular formula is C12H18N2O3. The lowest BCUT2D eigenvalue weighted by Crippen LogP contribution is -2.31. The van der Waals surface area contributed by atoms with Crippen LogP contribution in [0.2, 0.25) is 0 Å². The summed E-state index contributed by atoms with van der Waals surface area (Å²) in [5.41, 5.74) is 3.24. The summed E-state index contributed by atoms with van der Waals surface area (Å²) in [6.07, 6.45) is 1.13. The normalized spacial score (nSPS) is 10.0. The minimum absolute atomic E-state index is 0.235. The number of nitrogens with one attached hydrogen (secondary N) is 1. The molecule has 17 heavy (non-hydrogen) atoms. The number of carbonyl (C=O) groups excluding carboxylic acids is 1. The Balaban J connectivity index is 2.32. The van der Waals surface area contributed by atoms with Crippen LogP contribution in [0.15, 0.2) is 24.3 Å². The van der Waals surface area contributed by atoms with Gasteiger partial charge >= 0.3 is 0 Å². The summed E-state index contributed by atoms with van der Waals surface area (Å²) in [6.45, 7) is 1.03. The third kappa shape index (κ3) is 5.33. The van der Waals surface area contributed by atoms with Crippen LogP contribution in [0, 0.1) is 0 Å². The number of methoxy groups -OCH3 is 1. The lowest BCUT2D eigenvalue weighted by Gasteiger charge is -2.06. The van der Waals surface area contributed by atoms with Crippen LogP contribution in [0.3, 0.4) is 0 Å². The van der Waals surface area contributed by atoms with Gasteiger partial charge in [-0.25, -0.2) is 5.84 Å². The molecule has 0 aliphatic heterocycles. The number of nitrogens with two attached hydrogens (primary N) is 1. The monoisotopic (exact) mass is 238 g/mol. The third-order valence-electron chi connectivity index (χ3n) is 2.28. The maximum absolute atomic E-state index is 10.8. The average Bonchev–Trinajstić information content (AvgIpc) is 2.37. The van der Waals surface area contributed by atoms with E-state index in [4.69, 9.17) is 15.3 Å². The molecule has 1 aromatic carbocycles. The van der Waals surface area contributed by atoms with Crippen LogP contribution in [0.5, 0.6) is 5.75 Å². The molecule has 0 aliphatic rings. The van der Waals surface area contributed by atoms with Gasteiger partial charge in [-0.05, 0) is 24.1 Å². The SMILES string of the molecule is COCCc1ccc(OCCC(=O)NN)cc1. The van der Waals surface area contributed by atoms with Crippen LogP contribution >= 0.6 is 0 Å². The van der Waals surface area contributed by atoms with Crippen molar-refractivity contribution in [3.05, 3.63) is 29.8 Å². The molecule has 0 unspecified atom stereocenters. The Hall–Kier alpha value is -1.59. The Morgan fingerprint density at radius 2 is 2.00 bits per heavy atom. The van der Waals surface area contributed by atoms with Crippen molar-refractivity contribution in [2.75, 3.05) is 20.3 Å². The lowest BCUT2D eigenvalue weighted by atomic mass is 10.1. The molecule has 1 aromatic rings. The van der Waals surface area contributed by atoms with Crippen molar-refractivity contribution >= 4 is 5.91 Å². The lowest BCUT2D eigenvalue weighted by molar-refractivity contribution is -0.121. The van der Waals surface area contributed by atoms with Gasteiger partial charge in [-0.1, -0.05) is 12.1 Å². The number of benzene rings is 1. The summed E-state index contributed by atoms with van der Waals surface area (Å²) in [6, 6.07) is 7.73. The van der Waals surface area contributed by atoms with Crippen LogP contribution in [0.25, 0.3) is 0 Å². The minimum Gasteiger partial charge on any atom is -0.493 e. The number of hydrogen-bond acceptors (Lipinski definition) is 4. The van der Waals surface area contributed by atoms with Crippen LogP contribution in [0.1, 0.15) is 12.0 Å². The summed E-state index contributed by atoms with van der Waals surface area (Å²) in [4.78, 5) is 10.8. The fraction of sp³-hybridized carbons (Fsp3) is 0.417. The summed E-state index contributed by atoms with van der Waals surface area (Å²) >= 11 is 0. The molecule has 0 aliphatic carbocycles. The quantitative estimate of drug-likeness (QED) is 0.415. The average molecular weight is 238 g/mol. The van der Waals surface area contributed by atoms with Crippen molar-refractivity contribution in [3.63, 3.8) is 0 Å². The zero-order valence-corrected chi connectivity index (χ0v) is 9.94. The van der Waals surface area contributed by atoms with Crippen molar-refractivity contribution in [2.45, 2.75) is 12.8 Å². The van der Waals surface area contributed by atoms with Crippen LogP contribution in [0.4, 0.5) is 0 Å². The predicted octanol–water partition coefficient (Wildman–Crippen LogP) is 0.634. The minimum atomic E-state index is -0.235. The standard InChI is InChI=1S/C12H18N2O3/c1-16-8-6-10-2-4-11(5-3-10)17-9-7-12(15)14-13/h2-5H,6-9,13H2,1H3,(H,14,15). The van der Waals surface area contributed by atoms with E-state index in [2.05, 4.69) is 5.43 Å². The van der Waals surface area contributed by atoms with E-state index in [9.17, 15) is 4.79 Å². The predicted molar refractivity (Wildman–Crippen MR) is 64.5 cm³/mol. The molecule has 0 saturated carbocycles. The van der Waals surface area contributed by atoms with Crippen molar-refractivity contribution in [1.82, 2.24) is 5.43 Å². The molecule has 1 rings (SSSR count). The molecule has 1 amide bonds. The molecular weight excluding hydrogens is 220 g/mol. The van der Waals surface area contributed by atoms with E-state index in [0.717, 1.165) is 12.2 Å². The molecule has 94 valence electrons. The van der Waals surface area contributed by atoms with E-state index in [0.29, 0.717) is 13.2 Å². The van der Waals surface area contributed by atoms with Gasteiger partial charge in [-0.2, -0.15) is 0 Å². The van der Waals surface area contributed by atoms with E-state index in [1.807, 2.05) is 24.3 Å². The van der Waals surface area contributed by atoms with Crippen molar-refractivity contribution in [2.24, 2.45) is 5.84 Å². The largest absolute Gasteiger partial charge is 0.493 e. The molecule has 0 spiro atoms. The van der Waals surface area contributed by atoms with Crippen molar-refractivity contribution in [1.29, 1.82) is 0 Å². The molecule has 0 bridgehead atoms. The van der Waals surface area contributed by atoms with Gasteiger partial charge in [-0.15, -0.1) is 0 Å². The van der Waals surface area contributed by atoms with E-state index in [1.165, 1.54) is 5.56 Å². The van der Waals surface area contributed by atoms with Gasteiger partial charge in [0.25, 0.3) is 0 Å². The second-order valence-corrected chi connectivity index (χ2v) is 3.55. The molecule has 0 fully saturated rings. The number of carbonyl (C=O) groups is 1. The van der Waals surface area contributed by atoms with E-state index < -0.39 is 0 Å². The van der Waals surface area contributed by atoms with Crippen LogP contribution < -0.4 is 16.0 Å². The first kappa shape index (κ1) is 13.5. The fourth-order valence-corrected chi connectivity index (χ4v) is 1.31. The molecule has 5 nitrogen and oxygen atoms in total. The third-order valence-corrected chi connectivity index (χ3v) is 2.28. The van der Waals surface area contributed by atoms with Gasteiger partial charge in [0.2, 0.25) is 5.91 Å². The summed E-state index contributed by atoms with van der Waals surface area (Å²) in [5, 5.41) is 0. The number of hydrogen-bond donors (Lipinski definition) is 2. The first-order valence-electron chi connectivity index (χ1n) is 5.46. The molecule has 0 saturated heterocycles. The number of hydrazine groups is 1. The number of amides is 1. The molecule has 0 radical (unpaired) electrons. The molecule has 0 atom stereocenters. The van der Waals surface area contributed by atoms with E-state index in [1.54, 1.807) is 7.11 Å². The Morgan fingerprint density at radius 1 is 1.29 bits per heavy atom. The first-order chi connectivity index (χ1) is 8.26. The second-order valence-electron chi connectivity index (χ2n) is 3.55. The van der Waals surface area contributed by atoms with Crippen molar-refractivity contribution < 1.29 is 14.3 Å². The van der Waals surface area contributed by atoms with Crippen LogP contribution in [-0.2, 0) is 16.0 Å². The smallest absolute Gasteiger partial charge is 0.237 e. The van der Waals surface area contributed by atoms with E-state index >= 15 is 0 Å². The molecule has 3 N–H and O–H groups in total. The highest BCUT2D eigenvalue weighted by molar-refractivity contribution is 5.75. The van der Waals surface area contributed by atoms with Crippen LogP contribution in [-0.4, -0.2) is 26.2 Å². The fourth-order valence-electron chi connectivity index (χ4n) is 1.31. The number of ether oxygens (including phenoxy) is 2. The maximum Gasteiger partial charge on any atom is 0.237 e. The Morgan fingerprint density at radius 3 is 2.59 bits per heavy atom. The molecule has 5 heteroatoms. The van der Waals surface area contributed by atoms with Gasteiger partial charge in [0.05, 0.1) is 19.6 Å². The Kier molecular flexibility index (Phi) is 6.06. The first-order valence-corrected chi connectivity index (χ1v) is 5.46. The highest BCUT2D eigenvalue weighted by Crippen LogP contribution is 2.12. The summed E-state index contributed by atoms with van der Waals surface area (Å²) in [7, 11) is 1.68. The second kappa shape index (κ2) is 7.65. The molecule has 0 heterocycles. The Labute approximate surface area is 101 Å². The van der Waals surface area contributed by atoms with Crippen molar-refractivity contribution in [3.8, 4) is 5.75 Å². The van der Waals surface area contributed by atoms with Gasteiger partial charge < -0.3 is 9.47 Å². The van der Waals surface area contributed by atoms with Gasteiger partial charge in [0.15, 0.2) is 0 Å². The van der Waals surface area contributed by atoms with E-state index in [-0.39, 0.29) is 12.3 Å². The Bertz CT molecular complexity index is 338. The summed E-state index contributed by atoms with van der Waals surface area (Å²) in [5.74, 6) is 5.46. The van der Waals surface area contributed by atoms with Gasteiger partial charge in [0, 0.05) is 7.11 Å². The number of rotatable bonds is 7. The topological polar surface area (TPSA) is 73.6 Å². The summed E-state index contributed by atoms with van der Waals surface area (Å²) < 4.78 is 10.4. The van der Waals surface area contributed by atoms with Gasteiger partial charge in [0.1, 0.15) is 5.75 Å². The maximum atomic E-state index is 10.8.